The molecule has 9 aromatic carbocycles. The molecule has 1 aliphatic heterocycles. The Bertz CT molecular complexity index is 3600. The molecule has 3 heteroatoms. The average molecular weight is 833 g/mol. The third kappa shape index (κ3) is 6.19. The van der Waals surface area contributed by atoms with Crippen molar-refractivity contribution < 1.29 is 4.42 Å². The highest BCUT2D eigenvalue weighted by molar-refractivity contribution is 6.15. The van der Waals surface area contributed by atoms with Crippen LogP contribution >= 0.6 is 0 Å². The van der Waals surface area contributed by atoms with Crippen LogP contribution in [-0.2, 0) is 0 Å². The molecule has 0 saturated carbocycles. The first-order valence-electron chi connectivity index (χ1n) is 22.8. The van der Waals surface area contributed by atoms with Gasteiger partial charge in [-0.3, -0.25) is 0 Å². The fraction of sp³-hybridized carbons (Fsp3) is 0.0645. The van der Waals surface area contributed by atoms with Crippen LogP contribution in [-0.4, -0.2) is 6.04 Å². The highest BCUT2D eigenvalue weighted by Crippen LogP contribution is 2.48. The number of hydrogen-bond acceptors (Lipinski definition) is 3. The Hall–Kier alpha value is -8.14. The predicted molar refractivity (Wildman–Crippen MR) is 273 cm³/mol. The summed E-state index contributed by atoms with van der Waals surface area (Å²) in [4.78, 5) is 4.99. The highest BCUT2D eigenvalue weighted by atomic mass is 16.3. The molecule has 2 atom stereocenters. The van der Waals surface area contributed by atoms with E-state index in [4.69, 9.17) is 4.42 Å². The second-order valence-corrected chi connectivity index (χ2v) is 17.5. The molecule has 0 bridgehead atoms. The molecule has 308 valence electrons. The van der Waals surface area contributed by atoms with Crippen LogP contribution in [0.25, 0.3) is 76.9 Å². The Kier molecular flexibility index (Phi) is 8.80. The third-order valence-electron chi connectivity index (χ3n) is 13.9. The zero-order valence-corrected chi connectivity index (χ0v) is 35.8. The van der Waals surface area contributed by atoms with Gasteiger partial charge in [0.05, 0.1) is 11.7 Å². The standard InChI is InChI=1S/C62H44N2O/c1-2-15-48-45(14-1)40-60(52-18-4-3-17-51(48)52)63(47-38-34-44(35-39-47)50-22-13-23-56-55-21-8-12-27-61(55)65-62(50)56)46-36-32-42(33-37-46)41-28-30-43(31-29-41)49-16-5-9-24-57(49)64-58-25-10-6-19-53(58)54-20-7-11-26-59(54)64/h1-6,8-19,21-40,53,58H,7,20H2. The molecule has 0 amide bonds. The lowest BCUT2D eigenvalue weighted by atomic mass is 9.87. The molecule has 3 aliphatic rings. The van der Waals surface area contributed by atoms with Gasteiger partial charge < -0.3 is 14.2 Å². The Morgan fingerprint density at radius 2 is 1.09 bits per heavy atom. The summed E-state index contributed by atoms with van der Waals surface area (Å²) < 4.78 is 6.46. The van der Waals surface area contributed by atoms with Gasteiger partial charge in [-0.15, -0.1) is 0 Å². The van der Waals surface area contributed by atoms with Gasteiger partial charge in [-0.05, 0) is 105 Å². The van der Waals surface area contributed by atoms with Gasteiger partial charge in [-0.25, -0.2) is 0 Å². The summed E-state index contributed by atoms with van der Waals surface area (Å²) in [6.07, 6.45) is 16.1. The number of nitrogens with zero attached hydrogens (tertiary/aromatic N) is 2. The number of hydrogen-bond donors (Lipinski definition) is 0. The van der Waals surface area contributed by atoms with Crippen LogP contribution in [0.1, 0.15) is 12.8 Å². The topological polar surface area (TPSA) is 19.6 Å². The van der Waals surface area contributed by atoms with Crippen LogP contribution in [0.2, 0.25) is 0 Å². The molecule has 0 saturated heterocycles. The summed E-state index contributed by atoms with van der Waals surface area (Å²) in [7, 11) is 0. The number of fused-ring (bicyclic) bond motifs is 8. The minimum absolute atomic E-state index is 0.300. The molecule has 2 unspecified atom stereocenters. The van der Waals surface area contributed by atoms with E-state index in [1.807, 2.05) is 12.1 Å². The number of allylic oxidation sites excluding steroid dienone is 4. The molecular formula is C62H44N2O. The number of benzene rings is 9. The molecule has 2 heterocycles. The predicted octanol–water partition coefficient (Wildman–Crippen LogP) is 16.9. The zero-order valence-electron chi connectivity index (χ0n) is 35.8. The Morgan fingerprint density at radius 3 is 1.91 bits per heavy atom. The van der Waals surface area contributed by atoms with Crippen molar-refractivity contribution in [2.24, 2.45) is 5.92 Å². The zero-order chi connectivity index (χ0) is 42.8. The van der Waals surface area contributed by atoms with Gasteiger partial charge in [0.25, 0.3) is 0 Å². The van der Waals surface area contributed by atoms with E-state index in [-0.39, 0.29) is 0 Å². The summed E-state index contributed by atoms with van der Waals surface area (Å²) in [5.74, 6) is 0.428. The van der Waals surface area contributed by atoms with Gasteiger partial charge in [0.2, 0.25) is 0 Å². The maximum absolute atomic E-state index is 6.46. The largest absolute Gasteiger partial charge is 0.455 e. The van der Waals surface area contributed by atoms with E-state index in [1.54, 1.807) is 5.57 Å². The first-order chi connectivity index (χ1) is 32.2. The molecule has 0 fully saturated rings. The van der Waals surface area contributed by atoms with E-state index < -0.39 is 0 Å². The third-order valence-corrected chi connectivity index (χ3v) is 13.9. The summed E-state index contributed by atoms with van der Waals surface area (Å²) in [6, 6.07) is 71.0. The number of anilines is 4. The molecule has 65 heavy (non-hydrogen) atoms. The van der Waals surface area contributed by atoms with Crippen molar-refractivity contribution in [2.45, 2.75) is 18.9 Å². The quantitative estimate of drug-likeness (QED) is 0.149. The van der Waals surface area contributed by atoms with E-state index in [1.165, 1.54) is 55.2 Å². The van der Waals surface area contributed by atoms with Crippen molar-refractivity contribution in [3.8, 4) is 33.4 Å². The summed E-state index contributed by atoms with van der Waals surface area (Å²) in [6.45, 7) is 0. The molecule has 1 aromatic heterocycles. The first kappa shape index (κ1) is 37.4. The molecule has 0 spiro atoms. The van der Waals surface area contributed by atoms with E-state index in [2.05, 4.69) is 228 Å². The van der Waals surface area contributed by atoms with Gasteiger partial charge >= 0.3 is 0 Å². The smallest absolute Gasteiger partial charge is 0.143 e. The average Bonchev–Trinajstić information content (AvgIpc) is 3.93. The minimum Gasteiger partial charge on any atom is -0.455 e. The van der Waals surface area contributed by atoms with Crippen molar-refractivity contribution in [2.75, 3.05) is 9.80 Å². The minimum atomic E-state index is 0.300. The highest BCUT2D eigenvalue weighted by Gasteiger charge is 2.39. The monoisotopic (exact) mass is 832 g/mol. The number of furan rings is 1. The van der Waals surface area contributed by atoms with Gasteiger partial charge in [0.15, 0.2) is 0 Å². The van der Waals surface area contributed by atoms with Crippen molar-refractivity contribution in [3.63, 3.8) is 0 Å². The van der Waals surface area contributed by atoms with E-state index in [0.717, 1.165) is 63.0 Å². The van der Waals surface area contributed by atoms with Crippen molar-refractivity contribution in [1.82, 2.24) is 0 Å². The van der Waals surface area contributed by atoms with E-state index >= 15 is 0 Å². The van der Waals surface area contributed by atoms with Crippen LogP contribution in [0.3, 0.4) is 0 Å². The fourth-order valence-electron chi connectivity index (χ4n) is 10.8. The first-order valence-corrected chi connectivity index (χ1v) is 22.8. The molecule has 13 rings (SSSR count). The second-order valence-electron chi connectivity index (χ2n) is 17.5. The van der Waals surface area contributed by atoms with Gasteiger partial charge in [-0.2, -0.15) is 0 Å². The van der Waals surface area contributed by atoms with Crippen LogP contribution in [0, 0.1) is 5.92 Å². The maximum atomic E-state index is 6.46. The summed E-state index contributed by atoms with van der Waals surface area (Å²) >= 11 is 0. The fourth-order valence-corrected chi connectivity index (χ4v) is 10.8. The maximum Gasteiger partial charge on any atom is 0.143 e. The molecule has 0 radical (unpaired) electrons. The lowest BCUT2D eigenvalue weighted by Gasteiger charge is -2.32. The molecule has 3 nitrogen and oxygen atoms in total. The van der Waals surface area contributed by atoms with Gasteiger partial charge in [-0.1, -0.05) is 182 Å². The molecular weight excluding hydrogens is 789 g/mol. The molecule has 2 aliphatic carbocycles. The van der Waals surface area contributed by atoms with Crippen molar-refractivity contribution in [3.05, 3.63) is 242 Å². The van der Waals surface area contributed by atoms with Gasteiger partial charge in [0.1, 0.15) is 11.2 Å². The van der Waals surface area contributed by atoms with Crippen molar-refractivity contribution >= 4 is 66.2 Å². The normalized spacial score (nSPS) is 16.5. The number of para-hydroxylation sites is 3. The Morgan fingerprint density at radius 1 is 0.492 bits per heavy atom. The Labute approximate surface area is 378 Å². The van der Waals surface area contributed by atoms with E-state index in [9.17, 15) is 0 Å². The van der Waals surface area contributed by atoms with E-state index in [0.29, 0.717) is 12.0 Å². The number of rotatable bonds is 7. The van der Waals surface area contributed by atoms with Crippen molar-refractivity contribution in [1.29, 1.82) is 0 Å². The SMILES string of the molecule is C1=CC2C3=C(C=CCC3)N(c3ccccc3-c3ccc(-c4ccc(N(c5ccc(-c6cccc7c6oc6ccccc67)cc5)c5cc6ccccc6c6ccccc56)cc4)cc3)C2C=C1. The van der Waals surface area contributed by atoms with Crippen LogP contribution in [0.4, 0.5) is 22.7 Å². The second kappa shape index (κ2) is 15.3. The lowest BCUT2D eigenvalue weighted by Crippen LogP contribution is -2.32. The van der Waals surface area contributed by atoms with Crippen LogP contribution < -0.4 is 9.80 Å². The summed E-state index contributed by atoms with van der Waals surface area (Å²) in [5, 5.41) is 7.17. The van der Waals surface area contributed by atoms with Gasteiger partial charge in [0, 0.05) is 56.0 Å². The molecule has 10 aromatic rings. The molecule has 0 N–H and O–H groups in total. The van der Waals surface area contributed by atoms with Crippen LogP contribution in [0.5, 0.6) is 0 Å². The Balaban J connectivity index is 0.870. The van der Waals surface area contributed by atoms with Crippen LogP contribution in [0.15, 0.2) is 246 Å². The summed E-state index contributed by atoms with van der Waals surface area (Å²) in [5.41, 5.74) is 16.4. The lowest BCUT2D eigenvalue weighted by molar-refractivity contribution is 0.658.